The molecule has 2 atom stereocenters. The lowest BCUT2D eigenvalue weighted by Crippen LogP contribution is -2.41. The highest BCUT2D eigenvalue weighted by atomic mass is 19.4. The van der Waals surface area contributed by atoms with Crippen molar-refractivity contribution in [2.75, 3.05) is 19.6 Å². The molecule has 0 unspecified atom stereocenters. The van der Waals surface area contributed by atoms with Crippen LogP contribution >= 0.6 is 0 Å². The summed E-state index contributed by atoms with van der Waals surface area (Å²) < 4.78 is 38.1. The average molecular weight is 298 g/mol. The fraction of sp³-hybridized carbons (Fsp3) is 0.533. The van der Waals surface area contributed by atoms with Crippen molar-refractivity contribution >= 4 is 5.91 Å². The molecule has 1 N–H and O–H groups in total. The number of fused-ring (bicyclic) bond motifs is 1. The highest BCUT2D eigenvalue weighted by Gasteiger charge is 2.37. The van der Waals surface area contributed by atoms with E-state index in [9.17, 15) is 18.0 Å². The van der Waals surface area contributed by atoms with E-state index in [1.807, 2.05) is 0 Å². The fourth-order valence-corrected chi connectivity index (χ4v) is 3.22. The van der Waals surface area contributed by atoms with Crippen LogP contribution in [0.1, 0.15) is 28.8 Å². The van der Waals surface area contributed by atoms with E-state index >= 15 is 0 Å². The molecule has 0 aliphatic carbocycles. The third-order valence-electron chi connectivity index (χ3n) is 4.32. The Balaban J connectivity index is 1.77. The average Bonchev–Trinajstić information content (AvgIpc) is 2.89. The normalized spacial score (nSPS) is 25.8. The Morgan fingerprint density at radius 3 is 2.81 bits per heavy atom. The molecule has 3 nitrogen and oxygen atoms in total. The Hall–Kier alpha value is -1.56. The van der Waals surface area contributed by atoms with E-state index in [1.54, 1.807) is 4.90 Å². The molecule has 2 saturated heterocycles. The van der Waals surface area contributed by atoms with E-state index in [2.05, 4.69) is 5.32 Å². The quantitative estimate of drug-likeness (QED) is 0.864. The van der Waals surface area contributed by atoms with Crippen molar-refractivity contribution in [2.45, 2.75) is 25.1 Å². The zero-order valence-electron chi connectivity index (χ0n) is 11.5. The van der Waals surface area contributed by atoms with Crippen molar-refractivity contribution in [2.24, 2.45) is 5.92 Å². The third-order valence-corrected chi connectivity index (χ3v) is 4.32. The van der Waals surface area contributed by atoms with E-state index in [0.29, 0.717) is 19.0 Å². The van der Waals surface area contributed by atoms with Crippen molar-refractivity contribution in [3.8, 4) is 0 Å². The highest BCUT2D eigenvalue weighted by molar-refractivity contribution is 5.94. The molecule has 2 aliphatic heterocycles. The van der Waals surface area contributed by atoms with E-state index in [4.69, 9.17) is 0 Å². The van der Waals surface area contributed by atoms with Gasteiger partial charge in [-0.05, 0) is 43.5 Å². The van der Waals surface area contributed by atoms with Crippen LogP contribution in [0.5, 0.6) is 0 Å². The minimum absolute atomic E-state index is 0.114. The Kier molecular flexibility index (Phi) is 3.65. The molecule has 114 valence electrons. The topological polar surface area (TPSA) is 32.3 Å². The summed E-state index contributed by atoms with van der Waals surface area (Å²) in [5, 5.41) is 3.38. The zero-order valence-corrected chi connectivity index (χ0v) is 11.5. The third kappa shape index (κ3) is 2.90. The first-order chi connectivity index (χ1) is 9.95. The van der Waals surface area contributed by atoms with Crippen molar-refractivity contribution in [3.05, 3.63) is 35.4 Å². The van der Waals surface area contributed by atoms with Gasteiger partial charge < -0.3 is 10.2 Å². The molecule has 0 bridgehead atoms. The first-order valence-corrected chi connectivity index (χ1v) is 7.15. The summed E-state index contributed by atoms with van der Waals surface area (Å²) in [6.07, 6.45) is -2.26. The first kappa shape index (κ1) is 14.4. The van der Waals surface area contributed by atoms with Gasteiger partial charge in [-0.2, -0.15) is 13.2 Å². The number of nitrogens with zero attached hydrogens (tertiary/aromatic N) is 1. The number of carbonyl (C=O) groups excluding carboxylic acids is 1. The molecule has 3 rings (SSSR count). The maximum Gasteiger partial charge on any atom is 0.416 e. The summed E-state index contributed by atoms with van der Waals surface area (Å²) in [6.45, 7) is 2.17. The van der Waals surface area contributed by atoms with Gasteiger partial charge in [-0.25, -0.2) is 0 Å². The fourth-order valence-electron chi connectivity index (χ4n) is 3.22. The van der Waals surface area contributed by atoms with Crippen molar-refractivity contribution in [1.29, 1.82) is 0 Å². The lowest BCUT2D eigenvalue weighted by Gasteiger charge is -2.24. The molecular weight excluding hydrogens is 281 g/mol. The minimum atomic E-state index is -4.42. The molecule has 0 saturated carbocycles. The van der Waals surface area contributed by atoms with Crippen LogP contribution in [0.15, 0.2) is 24.3 Å². The lowest BCUT2D eigenvalue weighted by atomic mass is 9.94. The largest absolute Gasteiger partial charge is 0.416 e. The van der Waals surface area contributed by atoms with Gasteiger partial charge in [-0.15, -0.1) is 0 Å². The van der Waals surface area contributed by atoms with E-state index in [0.717, 1.165) is 31.5 Å². The number of benzene rings is 1. The van der Waals surface area contributed by atoms with E-state index in [1.165, 1.54) is 12.1 Å². The molecule has 1 aromatic carbocycles. The molecule has 0 radical (unpaired) electrons. The molecule has 0 spiro atoms. The number of hydrogen-bond acceptors (Lipinski definition) is 2. The summed E-state index contributed by atoms with van der Waals surface area (Å²) in [4.78, 5) is 14.1. The second kappa shape index (κ2) is 5.33. The first-order valence-electron chi connectivity index (χ1n) is 7.15. The number of piperidine rings is 1. The van der Waals surface area contributed by atoms with Crippen LogP contribution in [0.3, 0.4) is 0 Å². The standard InChI is InChI=1S/C15H17F3N2O/c16-15(17,18)12-5-1-3-10(7-12)14(21)20-8-11-4-2-6-19-13(11)9-20/h1,3,5,7,11,13,19H,2,4,6,8-9H2/t11-,13+/m0/s1. The van der Waals surface area contributed by atoms with Gasteiger partial charge in [0.25, 0.3) is 5.91 Å². The van der Waals surface area contributed by atoms with Crippen LogP contribution in [0, 0.1) is 5.92 Å². The number of amides is 1. The zero-order chi connectivity index (χ0) is 15.0. The van der Waals surface area contributed by atoms with Crippen LogP contribution in [0.2, 0.25) is 0 Å². The molecule has 0 aromatic heterocycles. The molecule has 2 heterocycles. The van der Waals surface area contributed by atoms with Crippen LogP contribution in [0.4, 0.5) is 13.2 Å². The smallest absolute Gasteiger partial charge is 0.337 e. The number of rotatable bonds is 1. The summed E-state index contributed by atoms with van der Waals surface area (Å²) in [6, 6.07) is 4.96. The predicted octanol–water partition coefficient (Wildman–Crippen LogP) is 2.53. The van der Waals surface area contributed by atoms with Crippen LogP contribution < -0.4 is 5.32 Å². The predicted molar refractivity (Wildman–Crippen MR) is 71.9 cm³/mol. The molecule has 2 aliphatic rings. The lowest BCUT2D eigenvalue weighted by molar-refractivity contribution is -0.137. The van der Waals surface area contributed by atoms with Crippen LogP contribution in [-0.4, -0.2) is 36.5 Å². The number of likely N-dealkylation sites (tertiary alicyclic amines) is 1. The van der Waals surface area contributed by atoms with Gasteiger partial charge in [0.2, 0.25) is 0 Å². The van der Waals surface area contributed by atoms with Crippen molar-refractivity contribution < 1.29 is 18.0 Å². The Labute approximate surface area is 121 Å². The second-order valence-electron chi connectivity index (χ2n) is 5.75. The van der Waals surface area contributed by atoms with Crippen LogP contribution in [-0.2, 0) is 6.18 Å². The van der Waals surface area contributed by atoms with Gasteiger partial charge in [0, 0.05) is 24.7 Å². The number of halogens is 3. The number of nitrogens with one attached hydrogen (secondary N) is 1. The SMILES string of the molecule is O=C(c1cccc(C(F)(F)F)c1)N1C[C@@H]2CCCN[C@@H]2C1. The van der Waals surface area contributed by atoms with Crippen molar-refractivity contribution in [3.63, 3.8) is 0 Å². The summed E-state index contributed by atoms with van der Waals surface area (Å²) in [7, 11) is 0. The van der Waals surface area contributed by atoms with Gasteiger partial charge in [0.1, 0.15) is 0 Å². The van der Waals surface area contributed by atoms with Gasteiger partial charge in [0.05, 0.1) is 5.56 Å². The Bertz CT molecular complexity index is 530. The van der Waals surface area contributed by atoms with E-state index in [-0.39, 0.29) is 17.5 Å². The minimum Gasteiger partial charge on any atom is -0.337 e. The molecular formula is C15H17F3N2O. The molecule has 21 heavy (non-hydrogen) atoms. The molecule has 2 fully saturated rings. The Morgan fingerprint density at radius 2 is 2.10 bits per heavy atom. The van der Waals surface area contributed by atoms with Gasteiger partial charge in [-0.1, -0.05) is 6.07 Å². The van der Waals surface area contributed by atoms with Gasteiger partial charge in [0.15, 0.2) is 0 Å². The molecule has 1 amide bonds. The summed E-state index contributed by atoms with van der Waals surface area (Å²) in [5.41, 5.74) is -0.661. The van der Waals surface area contributed by atoms with E-state index < -0.39 is 11.7 Å². The molecule has 6 heteroatoms. The van der Waals surface area contributed by atoms with Crippen molar-refractivity contribution in [1.82, 2.24) is 10.2 Å². The monoisotopic (exact) mass is 298 g/mol. The number of hydrogen-bond donors (Lipinski definition) is 1. The molecule has 1 aromatic rings. The number of carbonyl (C=O) groups is 1. The highest BCUT2D eigenvalue weighted by Crippen LogP contribution is 2.31. The summed E-state index contributed by atoms with van der Waals surface area (Å²) in [5.74, 6) is 0.116. The second-order valence-corrected chi connectivity index (χ2v) is 5.75. The maximum atomic E-state index is 12.7. The van der Waals surface area contributed by atoms with Crippen LogP contribution in [0.25, 0.3) is 0 Å². The summed E-state index contributed by atoms with van der Waals surface area (Å²) >= 11 is 0. The van der Waals surface area contributed by atoms with Gasteiger partial charge >= 0.3 is 6.18 Å². The Morgan fingerprint density at radius 1 is 1.29 bits per heavy atom. The maximum absolute atomic E-state index is 12.7. The van der Waals surface area contributed by atoms with Gasteiger partial charge in [-0.3, -0.25) is 4.79 Å². The number of alkyl halides is 3.